The van der Waals surface area contributed by atoms with E-state index >= 15 is 0 Å². The van der Waals surface area contributed by atoms with Gasteiger partial charge in [-0.15, -0.1) is 0 Å². The van der Waals surface area contributed by atoms with Crippen LogP contribution in [0.5, 0.6) is 23.0 Å². The third-order valence-electron chi connectivity index (χ3n) is 8.89. The summed E-state index contributed by atoms with van der Waals surface area (Å²) < 4.78 is 96.0. The zero-order valence-corrected chi connectivity index (χ0v) is 34.2. The Kier molecular flexibility index (Phi) is 12.8. The van der Waals surface area contributed by atoms with Gasteiger partial charge in [-0.2, -0.15) is 0 Å². The summed E-state index contributed by atoms with van der Waals surface area (Å²) in [6.07, 6.45) is 0.604. The number of nitrogens with one attached hydrogen (secondary N) is 2. The Hall–Kier alpha value is -2.52. The summed E-state index contributed by atoms with van der Waals surface area (Å²) in [5.74, 6) is -0.217. The molecule has 0 spiro atoms. The quantitative estimate of drug-likeness (QED) is 0.101. The number of carbonyl (C=O) groups excluding carboxylic acids is 2. The topological polar surface area (TPSA) is 216 Å². The monoisotopic (exact) mass is 764 g/mol. The Bertz CT molecular complexity index is 1840. The Labute approximate surface area is 340 Å². The SMILES string of the molecule is C=C1CC2C(S(=O)(=O)[O-])Nc3cc(OCCCOc4cc5c(cc4OC)C(=O)N4CC(=C)CC4C(S(=O)(=O)[O-])N5)c(OC)cc3C(=O)N2C1.[Na+].[Na+]. The van der Waals surface area contributed by atoms with E-state index < -0.39 is 54.9 Å². The predicted molar refractivity (Wildman–Crippen MR) is 173 cm³/mol. The van der Waals surface area contributed by atoms with E-state index in [1.165, 1.54) is 48.3 Å². The number of fused-ring (bicyclic) bond motifs is 4. The molecular weight excluding hydrogens is 730 g/mol. The van der Waals surface area contributed by atoms with Crippen molar-refractivity contribution >= 4 is 43.4 Å². The molecule has 16 nitrogen and oxygen atoms in total. The van der Waals surface area contributed by atoms with Gasteiger partial charge in [0.1, 0.15) is 31.0 Å². The minimum Gasteiger partial charge on any atom is -0.746 e. The van der Waals surface area contributed by atoms with E-state index in [-0.39, 0.29) is 150 Å². The van der Waals surface area contributed by atoms with Gasteiger partial charge in [0, 0.05) is 31.6 Å². The predicted octanol–water partition coefficient (Wildman–Crippen LogP) is -4.31. The molecule has 4 aliphatic heterocycles. The van der Waals surface area contributed by atoms with Gasteiger partial charge in [-0.25, -0.2) is 16.8 Å². The summed E-state index contributed by atoms with van der Waals surface area (Å²) in [4.78, 5) is 29.5. The van der Waals surface area contributed by atoms with Gasteiger partial charge in [0.2, 0.25) is 0 Å². The second-order valence-corrected chi connectivity index (χ2v) is 15.2. The van der Waals surface area contributed by atoms with E-state index in [4.69, 9.17) is 18.9 Å². The zero-order valence-electron chi connectivity index (χ0n) is 28.6. The van der Waals surface area contributed by atoms with Gasteiger partial charge in [-0.1, -0.05) is 24.3 Å². The van der Waals surface area contributed by atoms with Crippen molar-refractivity contribution in [3.63, 3.8) is 0 Å². The Morgan fingerprint density at radius 2 is 1.08 bits per heavy atom. The number of methoxy groups -OCH3 is 2. The third kappa shape index (κ3) is 8.19. The first-order valence-corrected chi connectivity index (χ1v) is 18.1. The fraction of sp³-hybridized carbons (Fsp3) is 0.419. The van der Waals surface area contributed by atoms with E-state index in [1.807, 2.05) is 0 Å². The summed E-state index contributed by atoms with van der Waals surface area (Å²) in [6.45, 7) is 8.06. The van der Waals surface area contributed by atoms with Crippen LogP contribution in [0.1, 0.15) is 40.0 Å². The largest absolute Gasteiger partial charge is 1.00 e. The van der Waals surface area contributed by atoms with Gasteiger partial charge in [-0.05, 0) is 25.0 Å². The maximum Gasteiger partial charge on any atom is 1.00 e. The van der Waals surface area contributed by atoms with Crippen LogP contribution < -0.4 is 88.7 Å². The summed E-state index contributed by atoms with van der Waals surface area (Å²) in [5.41, 5.74) is 1.68. The number of ether oxygens (including phenoxy) is 4. The van der Waals surface area contributed by atoms with Crippen LogP contribution in [-0.2, 0) is 20.2 Å². The van der Waals surface area contributed by atoms with Gasteiger partial charge in [0.25, 0.3) is 11.8 Å². The molecule has 2 saturated heterocycles. The normalized spacial score (nSPS) is 22.4. The standard InChI is InChI=1S/C31H36N4O12S2.2Na/c1-16-8-22-28(48(38,39)40)32-20-12-26(24(44-3)10-18(20)30(36)34(22)14-16)46-6-5-7-47-27-13-21-19(11-25(27)45-4)31(37)35-15-17(2)9-23(35)29(33-21)49(41,42)43;;/h10-13,22-23,28-29,32-33H,1-2,5-9,14-15H2,3-4H3,(H,38,39,40)(H,41,42,43);;/q;2*+1/p-2. The minimum absolute atomic E-state index is 0. The molecule has 4 heterocycles. The average molecular weight is 765 g/mol. The van der Waals surface area contributed by atoms with Gasteiger partial charge in [0.05, 0.1) is 62.0 Å². The molecule has 2 aromatic rings. The van der Waals surface area contributed by atoms with Crippen LogP contribution >= 0.6 is 0 Å². The van der Waals surface area contributed by atoms with Crippen LogP contribution in [0.4, 0.5) is 11.4 Å². The number of hydrogen-bond donors (Lipinski definition) is 2. The molecule has 20 heteroatoms. The van der Waals surface area contributed by atoms with Crippen LogP contribution in [0, 0.1) is 0 Å². The third-order valence-corrected chi connectivity index (χ3v) is 11.0. The van der Waals surface area contributed by atoms with Crippen molar-refractivity contribution < 1.29 is 114 Å². The van der Waals surface area contributed by atoms with Gasteiger partial charge < -0.3 is 48.5 Å². The van der Waals surface area contributed by atoms with Gasteiger partial charge in [-0.3, -0.25) is 9.59 Å². The van der Waals surface area contributed by atoms with Crippen molar-refractivity contribution in [2.24, 2.45) is 0 Å². The first kappa shape index (κ1) is 41.2. The van der Waals surface area contributed by atoms with Crippen molar-refractivity contribution in [2.75, 3.05) is 51.2 Å². The number of carbonyl (C=O) groups is 2. The molecule has 4 atom stereocenters. The second-order valence-electron chi connectivity index (χ2n) is 12.2. The number of anilines is 2. The van der Waals surface area contributed by atoms with E-state index in [2.05, 4.69) is 23.8 Å². The summed E-state index contributed by atoms with van der Waals surface area (Å²) in [5, 5.41) is 2.26. The van der Waals surface area contributed by atoms with Crippen LogP contribution in [0.25, 0.3) is 0 Å². The molecule has 0 radical (unpaired) electrons. The summed E-state index contributed by atoms with van der Waals surface area (Å²) in [6, 6.07) is 3.79. The Morgan fingerprint density at radius 3 is 1.41 bits per heavy atom. The molecule has 2 fully saturated rings. The van der Waals surface area contributed by atoms with E-state index in [0.717, 1.165) is 0 Å². The molecule has 0 saturated carbocycles. The molecule has 0 aromatic heterocycles. The Balaban J connectivity index is 0.00000292. The molecule has 51 heavy (non-hydrogen) atoms. The molecule has 0 bridgehead atoms. The fourth-order valence-corrected chi connectivity index (χ4v) is 8.46. The van der Waals surface area contributed by atoms with Gasteiger partial charge in [0.15, 0.2) is 23.0 Å². The first-order valence-electron chi connectivity index (χ1n) is 15.2. The fourth-order valence-electron chi connectivity index (χ4n) is 6.66. The zero-order chi connectivity index (χ0) is 35.4. The molecule has 2 amide bonds. The van der Waals surface area contributed by atoms with Crippen LogP contribution in [0.2, 0.25) is 0 Å². The molecule has 2 aromatic carbocycles. The van der Waals surface area contributed by atoms with Crippen molar-refractivity contribution in [3.8, 4) is 23.0 Å². The second kappa shape index (κ2) is 15.8. The molecular formula is C31H34N4Na2O12S2. The molecule has 4 unspecified atom stereocenters. The number of benzene rings is 2. The molecule has 2 N–H and O–H groups in total. The van der Waals surface area contributed by atoms with Crippen molar-refractivity contribution in [1.29, 1.82) is 0 Å². The maximum absolute atomic E-state index is 13.4. The van der Waals surface area contributed by atoms with Crippen molar-refractivity contribution in [3.05, 3.63) is 59.7 Å². The van der Waals surface area contributed by atoms with Crippen molar-refractivity contribution in [1.82, 2.24) is 9.80 Å². The molecule has 4 aliphatic rings. The van der Waals surface area contributed by atoms with Gasteiger partial charge >= 0.3 is 59.1 Å². The van der Waals surface area contributed by atoms with E-state index in [9.17, 15) is 35.5 Å². The van der Waals surface area contributed by atoms with Crippen LogP contribution in [0.15, 0.2) is 48.6 Å². The smallest absolute Gasteiger partial charge is 0.746 e. The van der Waals surface area contributed by atoms with Crippen LogP contribution in [-0.4, -0.2) is 111 Å². The number of nitrogens with zero attached hydrogens (tertiary/aromatic N) is 2. The van der Waals surface area contributed by atoms with E-state index in [1.54, 1.807) is 0 Å². The summed E-state index contributed by atoms with van der Waals surface area (Å²) in [7, 11) is -6.99. The molecule has 0 aliphatic carbocycles. The average Bonchev–Trinajstić information content (AvgIpc) is 3.56. The van der Waals surface area contributed by atoms with Crippen molar-refractivity contribution in [2.45, 2.75) is 42.1 Å². The van der Waals surface area contributed by atoms with E-state index in [0.29, 0.717) is 11.1 Å². The Morgan fingerprint density at radius 1 is 0.706 bits per heavy atom. The first-order chi connectivity index (χ1) is 23.1. The number of hydrogen-bond acceptors (Lipinski definition) is 14. The molecule has 264 valence electrons. The number of rotatable bonds is 10. The summed E-state index contributed by atoms with van der Waals surface area (Å²) >= 11 is 0. The minimum atomic E-state index is -4.87. The number of amides is 2. The van der Waals surface area contributed by atoms with Crippen LogP contribution in [0.3, 0.4) is 0 Å². The molecule has 6 rings (SSSR count). The maximum atomic E-state index is 13.4.